The Morgan fingerprint density at radius 2 is 1.80 bits per heavy atom. The van der Waals surface area contributed by atoms with E-state index in [0.29, 0.717) is 6.41 Å². The van der Waals surface area contributed by atoms with Crippen molar-refractivity contribution in [3.05, 3.63) is 35.4 Å². The minimum Gasteiger partial charge on any atom is -0.349 e. The summed E-state index contributed by atoms with van der Waals surface area (Å²) in [5, 5.41) is 2.56. The lowest BCUT2D eigenvalue weighted by atomic mass is 9.98. The second kappa shape index (κ2) is 4.26. The fourth-order valence-electron chi connectivity index (χ4n) is 2.21. The smallest absolute Gasteiger partial charge is 0.207 e. The van der Waals surface area contributed by atoms with Gasteiger partial charge in [-0.05, 0) is 29.9 Å². The van der Waals surface area contributed by atoms with Crippen LogP contribution in [0.5, 0.6) is 0 Å². The molecule has 0 fully saturated rings. The Kier molecular flexibility index (Phi) is 2.81. The average molecular weight is 203 g/mol. The van der Waals surface area contributed by atoms with Crippen LogP contribution in [0.25, 0.3) is 0 Å². The Labute approximate surface area is 88.5 Å². The van der Waals surface area contributed by atoms with Crippen molar-refractivity contribution in [2.75, 3.05) is 0 Å². The predicted octanol–water partition coefficient (Wildman–Crippen LogP) is 0.715. The Balaban J connectivity index is 2.11. The SMILES string of the molecule is O=CN[C@H](C=O)C1Cc2ccccc2C1. The maximum absolute atomic E-state index is 10.8. The van der Waals surface area contributed by atoms with E-state index in [1.807, 2.05) is 12.1 Å². The lowest BCUT2D eigenvalue weighted by Crippen LogP contribution is -2.37. The van der Waals surface area contributed by atoms with E-state index < -0.39 is 0 Å². The molecule has 0 bridgehead atoms. The fraction of sp³-hybridized carbons (Fsp3) is 0.333. The first-order valence-electron chi connectivity index (χ1n) is 5.07. The summed E-state index contributed by atoms with van der Waals surface area (Å²) in [5.41, 5.74) is 2.59. The van der Waals surface area contributed by atoms with Gasteiger partial charge in [-0.2, -0.15) is 0 Å². The van der Waals surface area contributed by atoms with Crippen molar-refractivity contribution < 1.29 is 9.59 Å². The Hall–Kier alpha value is -1.64. The van der Waals surface area contributed by atoms with Gasteiger partial charge in [0.1, 0.15) is 6.29 Å². The van der Waals surface area contributed by atoms with Crippen molar-refractivity contribution in [3.8, 4) is 0 Å². The van der Waals surface area contributed by atoms with Crippen LogP contribution in [0.4, 0.5) is 0 Å². The summed E-state index contributed by atoms with van der Waals surface area (Å²) in [6, 6.07) is 7.82. The van der Waals surface area contributed by atoms with Crippen LogP contribution in [0, 0.1) is 5.92 Å². The third-order valence-corrected chi connectivity index (χ3v) is 3.00. The number of hydrogen-bond donors (Lipinski definition) is 1. The highest BCUT2D eigenvalue weighted by Gasteiger charge is 2.27. The van der Waals surface area contributed by atoms with Crippen LogP contribution < -0.4 is 5.32 Å². The molecule has 0 unspecified atom stereocenters. The first-order chi connectivity index (χ1) is 7.35. The van der Waals surface area contributed by atoms with Gasteiger partial charge >= 0.3 is 0 Å². The van der Waals surface area contributed by atoms with Crippen LogP contribution in [0.3, 0.4) is 0 Å². The van der Waals surface area contributed by atoms with Crippen LogP contribution in [-0.4, -0.2) is 18.7 Å². The fourth-order valence-corrected chi connectivity index (χ4v) is 2.21. The number of carbonyl (C=O) groups excluding carboxylic acids is 2. The molecule has 78 valence electrons. The van der Waals surface area contributed by atoms with Crippen molar-refractivity contribution >= 4 is 12.7 Å². The van der Waals surface area contributed by atoms with Crippen LogP contribution >= 0.6 is 0 Å². The Morgan fingerprint density at radius 3 is 2.27 bits per heavy atom. The third-order valence-electron chi connectivity index (χ3n) is 3.00. The number of fused-ring (bicyclic) bond motifs is 1. The molecule has 15 heavy (non-hydrogen) atoms. The largest absolute Gasteiger partial charge is 0.349 e. The standard InChI is InChI=1S/C12H13NO2/c14-7-12(13-8-15)11-5-9-3-1-2-4-10(9)6-11/h1-4,7-8,11-12H,5-6H2,(H,13,15)/t12-/m1/s1. The lowest BCUT2D eigenvalue weighted by molar-refractivity contribution is -0.116. The van der Waals surface area contributed by atoms with Gasteiger partial charge in [-0.3, -0.25) is 4.79 Å². The molecule has 3 heteroatoms. The van der Waals surface area contributed by atoms with Gasteiger partial charge in [-0.1, -0.05) is 24.3 Å². The van der Waals surface area contributed by atoms with Gasteiger partial charge < -0.3 is 10.1 Å². The molecule has 1 aliphatic rings. The number of nitrogens with one attached hydrogen (secondary N) is 1. The van der Waals surface area contributed by atoms with Gasteiger partial charge in [0.05, 0.1) is 6.04 Å². The highest BCUT2D eigenvalue weighted by molar-refractivity contribution is 5.64. The van der Waals surface area contributed by atoms with Crippen molar-refractivity contribution in [1.29, 1.82) is 0 Å². The zero-order valence-corrected chi connectivity index (χ0v) is 8.35. The summed E-state index contributed by atoms with van der Waals surface area (Å²) in [5.74, 6) is 0.213. The van der Waals surface area contributed by atoms with Crippen LogP contribution in [0.1, 0.15) is 11.1 Å². The molecular weight excluding hydrogens is 190 g/mol. The summed E-state index contributed by atoms with van der Waals surface area (Å²) in [6.45, 7) is 0. The monoisotopic (exact) mass is 203 g/mol. The minimum atomic E-state index is -0.352. The van der Waals surface area contributed by atoms with Crippen molar-refractivity contribution in [2.45, 2.75) is 18.9 Å². The normalized spacial score (nSPS) is 16.8. The Bertz CT molecular complexity index is 351. The first kappa shape index (κ1) is 9.90. The molecule has 0 radical (unpaired) electrons. The molecule has 0 aliphatic heterocycles. The van der Waals surface area contributed by atoms with Crippen LogP contribution in [0.15, 0.2) is 24.3 Å². The minimum absolute atomic E-state index is 0.213. The molecule has 2 rings (SSSR count). The lowest BCUT2D eigenvalue weighted by Gasteiger charge is -2.15. The molecule has 1 N–H and O–H groups in total. The predicted molar refractivity (Wildman–Crippen MR) is 56.4 cm³/mol. The zero-order chi connectivity index (χ0) is 10.7. The van der Waals surface area contributed by atoms with E-state index >= 15 is 0 Å². The number of benzene rings is 1. The highest BCUT2D eigenvalue weighted by atomic mass is 16.1. The van der Waals surface area contributed by atoms with Gasteiger partial charge in [0, 0.05) is 0 Å². The summed E-state index contributed by atoms with van der Waals surface area (Å²) in [6.07, 6.45) is 3.17. The molecule has 0 aromatic heterocycles. The number of aldehydes is 1. The summed E-state index contributed by atoms with van der Waals surface area (Å²) in [4.78, 5) is 21.1. The molecule has 0 spiro atoms. The molecule has 0 heterocycles. The van der Waals surface area contributed by atoms with Crippen molar-refractivity contribution in [3.63, 3.8) is 0 Å². The summed E-state index contributed by atoms with van der Waals surface area (Å²) in [7, 11) is 0. The number of hydrogen-bond acceptors (Lipinski definition) is 2. The molecule has 0 saturated carbocycles. The van der Waals surface area contributed by atoms with Gasteiger partial charge in [0.15, 0.2) is 0 Å². The van der Waals surface area contributed by atoms with Crippen molar-refractivity contribution in [2.24, 2.45) is 5.92 Å². The summed E-state index contributed by atoms with van der Waals surface area (Å²) < 4.78 is 0. The molecular formula is C12H13NO2. The molecule has 1 aromatic carbocycles. The average Bonchev–Trinajstić information content (AvgIpc) is 2.69. The van der Waals surface area contributed by atoms with E-state index in [2.05, 4.69) is 17.4 Å². The zero-order valence-electron chi connectivity index (χ0n) is 8.35. The molecule has 1 amide bonds. The molecule has 1 aromatic rings. The topological polar surface area (TPSA) is 46.2 Å². The quantitative estimate of drug-likeness (QED) is 0.733. The van der Waals surface area contributed by atoms with Crippen molar-refractivity contribution in [1.82, 2.24) is 5.32 Å². The van der Waals surface area contributed by atoms with Gasteiger partial charge in [0.2, 0.25) is 6.41 Å². The molecule has 1 atom stereocenters. The number of carbonyl (C=O) groups is 2. The third kappa shape index (κ3) is 1.91. The van der Waals surface area contributed by atoms with E-state index in [-0.39, 0.29) is 12.0 Å². The molecule has 0 saturated heterocycles. The van der Waals surface area contributed by atoms with E-state index in [1.165, 1.54) is 11.1 Å². The van der Waals surface area contributed by atoms with Gasteiger partial charge in [-0.25, -0.2) is 0 Å². The number of amides is 1. The molecule has 3 nitrogen and oxygen atoms in total. The second-order valence-electron chi connectivity index (χ2n) is 3.88. The van der Waals surface area contributed by atoms with E-state index in [4.69, 9.17) is 0 Å². The highest BCUT2D eigenvalue weighted by Crippen LogP contribution is 2.27. The maximum atomic E-state index is 10.8. The maximum Gasteiger partial charge on any atom is 0.207 e. The van der Waals surface area contributed by atoms with E-state index in [9.17, 15) is 9.59 Å². The second-order valence-corrected chi connectivity index (χ2v) is 3.88. The first-order valence-corrected chi connectivity index (χ1v) is 5.07. The van der Waals surface area contributed by atoms with E-state index in [1.54, 1.807) is 0 Å². The van der Waals surface area contributed by atoms with Gasteiger partial charge in [-0.15, -0.1) is 0 Å². The molecule has 1 aliphatic carbocycles. The number of rotatable bonds is 4. The Morgan fingerprint density at radius 1 is 1.20 bits per heavy atom. The van der Waals surface area contributed by atoms with Gasteiger partial charge in [0.25, 0.3) is 0 Å². The van der Waals surface area contributed by atoms with Crippen LogP contribution in [0.2, 0.25) is 0 Å². The summed E-state index contributed by atoms with van der Waals surface area (Å²) >= 11 is 0. The van der Waals surface area contributed by atoms with E-state index in [0.717, 1.165) is 19.1 Å². The van der Waals surface area contributed by atoms with Crippen LogP contribution in [-0.2, 0) is 22.4 Å².